The molecule has 29 heavy (non-hydrogen) atoms. The molecule has 4 rings (SSSR count). The molecule has 2 aromatic carbocycles. The number of halogens is 1. The van der Waals surface area contributed by atoms with Crippen LogP contribution in [-0.2, 0) is 9.59 Å². The van der Waals surface area contributed by atoms with E-state index < -0.39 is 0 Å². The molecule has 1 N–H and O–H groups in total. The third-order valence-corrected chi connectivity index (χ3v) is 4.95. The van der Waals surface area contributed by atoms with E-state index in [0.717, 1.165) is 14.1 Å². The van der Waals surface area contributed by atoms with Crippen molar-refractivity contribution >= 4 is 45.8 Å². The highest BCUT2D eigenvalue weighted by atomic mass is 127. The lowest BCUT2D eigenvalue weighted by molar-refractivity contribution is -0.135. The maximum absolute atomic E-state index is 12.3. The lowest BCUT2D eigenvalue weighted by atomic mass is 10.1. The molecule has 0 spiro atoms. The van der Waals surface area contributed by atoms with Gasteiger partial charge in [0.15, 0.2) is 0 Å². The molecule has 146 valence electrons. The van der Waals surface area contributed by atoms with Crippen molar-refractivity contribution in [1.29, 1.82) is 0 Å². The first-order valence-electron chi connectivity index (χ1n) is 8.91. The molecule has 0 unspecified atom stereocenters. The van der Waals surface area contributed by atoms with Gasteiger partial charge in [0.25, 0.3) is 5.89 Å². The minimum Gasteiger partial charge on any atom is -0.332 e. The number of hydrogen-bond donors (Lipinski definition) is 1. The smallest absolute Gasteiger partial charge is 0.274 e. The highest BCUT2D eigenvalue weighted by Crippen LogP contribution is 2.19. The summed E-state index contributed by atoms with van der Waals surface area (Å²) >= 11 is 2.19. The van der Waals surface area contributed by atoms with Gasteiger partial charge in [0.1, 0.15) is 12.3 Å². The van der Waals surface area contributed by atoms with Crippen molar-refractivity contribution in [3.8, 4) is 11.4 Å². The van der Waals surface area contributed by atoms with Crippen LogP contribution in [0.15, 0.2) is 64.2 Å². The van der Waals surface area contributed by atoms with Gasteiger partial charge in [-0.2, -0.15) is 10.1 Å². The average Bonchev–Trinajstić information content (AvgIpc) is 3.22. The van der Waals surface area contributed by atoms with Crippen LogP contribution in [0.4, 0.5) is 5.69 Å². The number of nitrogens with zero attached hydrogens (tertiary/aromatic N) is 4. The van der Waals surface area contributed by atoms with Crippen molar-refractivity contribution in [2.45, 2.75) is 12.8 Å². The Hall–Kier alpha value is -3.08. The summed E-state index contributed by atoms with van der Waals surface area (Å²) in [6.07, 6.45) is 0.600. The maximum atomic E-state index is 12.3. The molecule has 0 fully saturated rings. The quantitative estimate of drug-likeness (QED) is 0.541. The van der Waals surface area contributed by atoms with E-state index in [4.69, 9.17) is 4.52 Å². The van der Waals surface area contributed by atoms with Gasteiger partial charge in [0.2, 0.25) is 17.6 Å². The van der Waals surface area contributed by atoms with Crippen LogP contribution >= 0.6 is 22.6 Å². The number of aromatic nitrogens is 2. The summed E-state index contributed by atoms with van der Waals surface area (Å²) < 4.78 is 6.39. The monoisotopic (exact) mass is 501 g/mol. The number of hydrazone groups is 1. The molecule has 2 heterocycles. The number of rotatable bonds is 5. The molecule has 0 aliphatic carbocycles. The number of amides is 2. The summed E-state index contributed by atoms with van der Waals surface area (Å²) in [7, 11) is 0. The van der Waals surface area contributed by atoms with Crippen LogP contribution in [0.5, 0.6) is 0 Å². The van der Waals surface area contributed by atoms with Gasteiger partial charge in [-0.1, -0.05) is 35.5 Å². The zero-order valence-corrected chi connectivity index (χ0v) is 17.4. The van der Waals surface area contributed by atoms with Crippen LogP contribution in [0.25, 0.3) is 11.4 Å². The molecule has 0 saturated heterocycles. The van der Waals surface area contributed by atoms with Gasteiger partial charge in [-0.25, -0.2) is 5.01 Å². The van der Waals surface area contributed by atoms with Gasteiger partial charge in [-0.05, 0) is 46.9 Å². The molecule has 3 aromatic rings. The van der Waals surface area contributed by atoms with Crippen LogP contribution in [-0.4, -0.2) is 39.2 Å². The first-order valence-corrected chi connectivity index (χ1v) is 9.99. The van der Waals surface area contributed by atoms with E-state index >= 15 is 0 Å². The van der Waals surface area contributed by atoms with Gasteiger partial charge < -0.3 is 9.84 Å². The Morgan fingerprint density at radius 2 is 1.86 bits per heavy atom. The third kappa shape index (κ3) is 4.67. The highest BCUT2D eigenvalue weighted by molar-refractivity contribution is 14.1. The first-order chi connectivity index (χ1) is 14.1. The summed E-state index contributed by atoms with van der Waals surface area (Å²) in [6.45, 7) is -0.187. The molecule has 0 atom stereocenters. The summed E-state index contributed by atoms with van der Waals surface area (Å²) in [5.41, 5.74) is 1.97. The van der Waals surface area contributed by atoms with Crippen molar-refractivity contribution in [2.24, 2.45) is 5.10 Å². The SMILES string of the molecule is O=C(CN1N=C(c2nc(-c3ccccc3)no2)CCC1=O)Nc1ccc(I)cc1. The Morgan fingerprint density at radius 1 is 1.10 bits per heavy atom. The fraction of sp³-hybridized carbons (Fsp3) is 0.150. The minimum atomic E-state index is -0.333. The minimum absolute atomic E-state index is 0.187. The highest BCUT2D eigenvalue weighted by Gasteiger charge is 2.26. The summed E-state index contributed by atoms with van der Waals surface area (Å²) in [5.74, 6) is 0.136. The number of hydrogen-bond acceptors (Lipinski definition) is 6. The Bertz CT molecular complexity index is 1060. The van der Waals surface area contributed by atoms with Crippen LogP contribution < -0.4 is 5.32 Å². The predicted octanol–water partition coefficient (Wildman–Crippen LogP) is 3.31. The number of carbonyl (C=O) groups excluding carboxylic acids is 2. The number of benzene rings is 2. The average molecular weight is 501 g/mol. The Balaban J connectivity index is 1.47. The van der Waals surface area contributed by atoms with Crippen molar-refractivity contribution in [1.82, 2.24) is 15.1 Å². The fourth-order valence-electron chi connectivity index (χ4n) is 2.79. The van der Waals surface area contributed by atoms with E-state index in [2.05, 4.69) is 43.1 Å². The topological polar surface area (TPSA) is 101 Å². The number of carbonyl (C=O) groups is 2. The van der Waals surface area contributed by atoms with Crippen LogP contribution in [0.2, 0.25) is 0 Å². The van der Waals surface area contributed by atoms with E-state index in [9.17, 15) is 9.59 Å². The molecule has 0 radical (unpaired) electrons. The second-order valence-electron chi connectivity index (χ2n) is 6.34. The third-order valence-electron chi connectivity index (χ3n) is 4.23. The maximum Gasteiger partial charge on any atom is 0.274 e. The first kappa shape index (κ1) is 19.2. The molecule has 1 aliphatic rings. The lowest BCUT2D eigenvalue weighted by Gasteiger charge is -2.21. The molecule has 1 aromatic heterocycles. The van der Waals surface area contributed by atoms with E-state index in [-0.39, 0.29) is 30.7 Å². The molecule has 9 heteroatoms. The van der Waals surface area contributed by atoms with E-state index in [1.807, 2.05) is 42.5 Å². The Morgan fingerprint density at radius 3 is 2.62 bits per heavy atom. The fourth-order valence-corrected chi connectivity index (χ4v) is 3.15. The lowest BCUT2D eigenvalue weighted by Crippen LogP contribution is -2.38. The van der Waals surface area contributed by atoms with Gasteiger partial charge in [-0.15, -0.1) is 0 Å². The van der Waals surface area contributed by atoms with Crippen LogP contribution in [0.3, 0.4) is 0 Å². The molecule has 1 aliphatic heterocycles. The van der Waals surface area contributed by atoms with Crippen molar-refractivity contribution in [2.75, 3.05) is 11.9 Å². The van der Waals surface area contributed by atoms with Crippen molar-refractivity contribution in [3.05, 3.63) is 64.1 Å². The van der Waals surface area contributed by atoms with E-state index in [1.54, 1.807) is 12.1 Å². The molecule has 0 saturated carbocycles. The van der Waals surface area contributed by atoms with Gasteiger partial charge in [0, 0.05) is 27.7 Å². The molecule has 0 bridgehead atoms. The zero-order valence-electron chi connectivity index (χ0n) is 15.2. The molecular weight excluding hydrogens is 485 g/mol. The number of nitrogens with one attached hydrogen (secondary N) is 1. The summed E-state index contributed by atoms with van der Waals surface area (Å²) in [4.78, 5) is 28.9. The zero-order chi connectivity index (χ0) is 20.2. The predicted molar refractivity (Wildman–Crippen MR) is 115 cm³/mol. The van der Waals surface area contributed by atoms with E-state index in [0.29, 0.717) is 23.6 Å². The molecular formula is C20H16IN5O3. The second-order valence-corrected chi connectivity index (χ2v) is 7.59. The van der Waals surface area contributed by atoms with Crippen molar-refractivity contribution < 1.29 is 14.1 Å². The van der Waals surface area contributed by atoms with Gasteiger partial charge >= 0.3 is 0 Å². The Labute approximate surface area is 180 Å². The number of anilines is 1. The Kier molecular flexibility index (Phi) is 5.65. The van der Waals surface area contributed by atoms with Gasteiger partial charge in [-0.3, -0.25) is 9.59 Å². The van der Waals surface area contributed by atoms with E-state index in [1.165, 1.54) is 0 Å². The van der Waals surface area contributed by atoms with Crippen molar-refractivity contribution in [3.63, 3.8) is 0 Å². The summed E-state index contributed by atoms with van der Waals surface area (Å²) in [5, 5.41) is 12.2. The second kappa shape index (κ2) is 8.52. The summed E-state index contributed by atoms with van der Waals surface area (Å²) in [6, 6.07) is 16.8. The van der Waals surface area contributed by atoms with Crippen LogP contribution in [0, 0.1) is 3.57 Å². The standard InChI is InChI=1S/C20H16IN5O3/c21-14-6-8-15(9-7-14)22-17(27)12-26-18(28)11-10-16(24-26)20-23-19(25-29-20)13-4-2-1-3-5-13/h1-9H,10-12H2,(H,22,27). The molecule has 2 amide bonds. The van der Waals surface area contributed by atoms with Crippen LogP contribution in [0.1, 0.15) is 18.7 Å². The van der Waals surface area contributed by atoms with Gasteiger partial charge in [0.05, 0.1) is 0 Å². The normalized spacial score (nSPS) is 13.9. The molecule has 8 nitrogen and oxygen atoms in total. The largest absolute Gasteiger partial charge is 0.332 e.